The second kappa shape index (κ2) is 10.6. The Bertz CT molecular complexity index is 1310. The summed E-state index contributed by atoms with van der Waals surface area (Å²) in [6.07, 6.45) is 5.08. The normalized spacial score (nSPS) is 10.6. The maximum absolute atomic E-state index is 12.4. The van der Waals surface area contributed by atoms with Crippen LogP contribution in [0.5, 0.6) is 11.6 Å². The highest BCUT2D eigenvalue weighted by Gasteiger charge is 2.13. The number of rotatable bonds is 7. The van der Waals surface area contributed by atoms with E-state index in [4.69, 9.17) is 4.74 Å². The van der Waals surface area contributed by atoms with Crippen LogP contribution < -0.4 is 15.4 Å². The number of nitrogens with zero attached hydrogens (tertiary/aromatic N) is 3. The maximum atomic E-state index is 12.4. The predicted octanol–water partition coefficient (Wildman–Crippen LogP) is 6.41. The Labute approximate surface area is 199 Å². The van der Waals surface area contributed by atoms with E-state index in [-0.39, 0.29) is 6.03 Å². The lowest BCUT2D eigenvalue weighted by Crippen LogP contribution is -2.19. The van der Waals surface area contributed by atoms with Gasteiger partial charge in [0.1, 0.15) is 11.6 Å². The number of hydrogen-bond donors (Lipinski definition) is 2. The molecule has 0 saturated heterocycles. The van der Waals surface area contributed by atoms with Gasteiger partial charge in [-0.05, 0) is 73.0 Å². The number of carbonyl (C=O) groups excluding carboxylic acids is 1. The SMILES string of the molecule is CCc1cccc(NC(=O)Nc2ccc(Oc3ncccc3-c3ccnc(CC)n3)c(C)c2)c1. The lowest BCUT2D eigenvalue weighted by atomic mass is 10.1. The largest absolute Gasteiger partial charge is 0.438 e. The van der Waals surface area contributed by atoms with Gasteiger partial charge in [-0.15, -0.1) is 0 Å². The molecule has 4 rings (SSSR count). The van der Waals surface area contributed by atoms with Crippen LogP contribution in [0.4, 0.5) is 16.2 Å². The molecule has 0 fully saturated rings. The van der Waals surface area contributed by atoms with Crippen LogP contribution in [-0.2, 0) is 12.8 Å². The quantitative estimate of drug-likeness (QED) is 0.338. The third-order valence-electron chi connectivity index (χ3n) is 5.30. The zero-order valence-corrected chi connectivity index (χ0v) is 19.5. The number of anilines is 2. The van der Waals surface area contributed by atoms with Gasteiger partial charge in [0.25, 0.3) is 0 Å². The summed E-state index contributed by atoms with van der Waals surface area (Å²) in [5.41, 5.74) is 4.99. The molecule has 7 nitrogen and oxygen atoms in total. The maximum Gasteiger partial charge on any atom is 0.323 e. The minimum atomic E-state index is -0.302. The molecule has 2 aromatic heterocycles. The highest BCUT2D eigenvalue weighted by atomic mass is 16.5. The lowest BCUT2D eigenvalue weighted by molar-refractivity contribution is 0.262. The van der Waals surface area contributed by atoms with Gasteiger partial charge in [0, 0.05) is 30.2 Å². The molecule has 4 aromatic rings. The van der Waals surface area contributed by atoms with E-state index in [0.29, 0.717) is 17.3 Å². The van der Waals surface area contributed by atoms with E-state index >= 15 is 0 Å². The molecule has 0 aliphatic carbocycles. The lowest BCUT2D eigenvalue weighted by Gasteiger charge is -2.13. The molecule has 0 unspecified atom stereocenters. The summed E-state index contributed by atoms with van der Waals surface area (Å²) in [4.78, 5) is 25.7. The minimum absolute atomic E-state index is 0.302. The summed E-state index contributed by atoms with van der Waals surface area (Å²) in [6.45, 7) is 6.02. The molecule has 34 heavy (non-hydrogen) atoms. The van der Waals surface area contributed by atoms with Crippen LogP contribution in [0, 0.1) is 6.92 Å². The molecular formula is C27H27N5O2. The average molecular weight is 454 g/mol. The van der Waals surface area contributed by atoms with Gasteiger partial charge < -0.3 is 15.4 Å². The van der Waals surface area contributed by atoms with Crippen LogP contribution in [0.3, 0.4) is 0 Å². The van der Waals surface area contributed by atoms with Crippen molar-refractivity contribution in [3.63, 3.8) is 0 Å². The summed E-state index contributed by atoms with van der Waals surface area (Å²) in [5.74, 6) is 1.87. The molecule has 2 aromatic carbocycles. The fourth-order valence-corrected chi connectivity index (χ4v) is 3.49. The molecular weight excluding hydrogens is 426 g/mol. The first-order valence-corrected chi connectivity index (χ1v) is 11.3. The molecule has 0 aliphatic heterocycles. The van der Waals surface area contributed by atoms with Crippen molar-refractivity contribution in [1.29, 1.82) is 0 Å². The smallest absolute Gasteiger partial charge is 0.323 e. The molecule has 0 radical (unpaired) electrons. The van der Waals surface area contributed by atoms with E-state index < -0.39 is 0 Å². The second-order valence-corrected chi connectivity index (χ2v) is 7.78. The Morgan fingerprint density at radius 1 is 0.882 bits per heavy atom. The Morgan fingerprint density at radius 2 is 1.71 bits per heavy atom. The van der Waals surface area contributed by atoms with Crippen molar-refractivity contribution >= 4 is 17.4 Å². The Morgan fingerprint density at radius 3 is 2.47 bits per heavy atom. The molecule has 2 amide bonds. The highest BCUT2D eigenvalue weighted by molar-refractivity contribution is 5.99. The van der Waals surface area contributed by atoms with Crippen molar-refractivity contribution in [1.82, 2.24) is 15.0 Å². The molecule has 0 saturated carbocycles. The molecule has 2 N–H and O–H groups in total. The molecule has 0 atom stereocenters. The fraction of sp³-hybridized carbons (Fsp3) is 0.185. The number of urea groups is 1. The molecule has 0 bridgehead atoms. The van der Waals surface area contributed by atoms with Crippen LogP contribution in [-0.4, -0.2) is 21.0 Å². The first kappa shape index (κ1) is 22.9. The molecule has 0 spiro atoms. The number of ether oxygens (including phenoxy) is 1. The second-order valence-electron chi connectivity index (χ2n) is 7.78. The fourth-order valence-electron chi connectivity index (χ4n) is 3.49. The Balaban J connectivity index is 1.48. The number of carbonyl (C=O) groups is 1. The van der Waals surface area contributed by atoms with E-state index in [1.165, 1.54) is 0 Å². The zero-order chi connectivity index (χ0) is 23.9. The minimum Gasteiger partial charge on any atom is -0.438 e. The van der Waals surface area contributed by atoms with Gasteiger partial charge in [-0.2, -0.15) is 0 Å². The molecule has 0 aliphatic rings. The predicted molar refractivity (Wildman–Crippen MR) is 134 cm³/mol. The van der Waals surface area contributed by atoms with Crippen molar-refractivity contribution in [3.8, 4) is 22.9 Å². The third-order valence-corrected chi connectivity index (χ3v) is 5.30. The van der Waals surface area contributed by atoms with E-state index in [0.717, 1.165) is 46.7 Å². The van der Waals surface area contributed by atoms with Crippen LogP contribution in [0.1, 0.15) is 30.8 Å². The molecule has 172 valence electrons. The number of aryl methyl sites for hydroxylation is 3. The Kier molecular flexibility index (Phi) is 7.13. The standard InChI is InChI=1S/C27H27N5O2/c1-4-19-8-6-9-20(17-19)30-27(33)31-21-11-12-24(18(3)16-21)34-26-22(10-7-14-29-26)23-13-15-28-25(5-2)32-23/h6-17H,4-5H2,1-3H3,(H2,30,31,33). The summed E-state index contributed by atoms with van der Waals surface area (Å²) < 4.78 is 6.15. The van der Waals surface area contributed by atoms with E-state index in [1.807, 2.05) is 68.4 Å². The van der Waals surface area contributed by atoms with Crippen molar-refractivity contribution in [2.24, 2.45) is 0 Å². The number of pyridine rings is 1. The van der Waals surface area contributed by atoms with Gasteiger partial charge in [0.05, 0.1) is 11.3 Å². The van der Waals surface area contributed by atoms with Gasteiger partial charge in [-0.1, -0.05) is 26.0 Å². The number of amides is 2. The summed E-state index contributed by atoms with van der Waals surface area (Å²) in [5, 5.41) is 5.74. The van der Waals surface area contributed by atoms with Gasteiger partial charge in [0.15, 0.2) is 0 Å². The van der Waals surface area contributed by atoms with E-state index in [2.05, 4.69) is 32.5 Å². The first-order chi connectivity index (χ1) is 16.6. The van der Waals surface area contributed by atoms with E-state index in [1.54, 1.807) is 18.5 Å². The van der Waals surface area contributed by atoms with Crippen LogP contribution in [0.25, 0.3) is 11.3 Å². The topological polar surface area (TPSA) is 89.0 Å². The monoisotopic (exact) mass is 453 g/mol. The van der Waals surface area contributed by atoms with Gasteiger partial charge in [0.2, 0.25) is 5.88 Å². The number of hydrogen-bond acceptors (Lipinski definition) is 5. The van der Waals surface area contributed by atoms with Gasteiger partial charge in [-0.25, -0.2) is 19.7 Å². The number of aromatic nitrogens is 3. The van der Waals surface area contributed by atoms with Crippen LogP contribution in [0.2, 0.25) is 0 Å². The van der Waals surface area contributed by atoms with Crippen molar-refractivity contribution in [3.05, 3.63) is 90.0 Å². The number of nitrogens with one attached hydrogen (secondary N) is 2. The van der Waals surface area contributed by atoms with Gasteiger partial charge in [-0.3, -0.25) is 0 Å². The third kappa shape index (κ3) is 5.56. The van der Waals surface area contributed by atoms with Crippen molar-refractivity contribution < 1.29 is 9.53 Å². The van der Waals surface area contributed by atoms with Crippen molar-refractivity contribution in [2.45, 2.75) is 33.6 Å². The summed E-state index contributed by atoms with van der Waals surface area (Å²) in [6, 6.07) is 18.6. The summed E-state index contributed by atoms with van der Waals surface area (Å²) in [7, 11) is 0. The van der Waals surface area contributed by atoms with Crippen LogP contribution >= 0.6 is 0 Å². The highest BCUT2D eigenvalue weighted by Crippen LogP contribution is 2.32. The van der Waals surface area contributed by atoms with Crippen molar-refractivity contribution in [2.75, 3.05) is 10.6 Å². The van der Waals surface area contributed by atoms with Crippen LogP contribution in [0.15, 0.2) is 73.1 Å². The van der Waals surface area contributed by atoms with E-state index in [9.17, 15) is 4.79 Å². The van der Waals surface area contributed by atoms with Gasteiger partial charge >= 0.3 is 6.03 Å². The zero-order valence-electron chi connectivity index (χ0n) is 19.5. The number of benzene rings is 2. The first-order valence-electron chi connectivity index (χ1n) is 11.3. The molecule has 2 heterocycles. The summed E-state index contributed by atoms with van der Waals surface area (Å²) >= 11 is 0. The average Bonchev–Trinajstić information content (AvgIpc) is 2.86. The molecule has 7 heteroatoms. The Hall–Kier alpha value is -4.26.